The Morgan fingerprint density at radius 3 is 2.12 bits per heavy atom. The Hall–Kier alpha value is -7.66. The molecule has 26 heteroatoms. The van der Waals surface area contributed by atoms with Crippen LogP contribution in [-0.4, -0.2) is 87.4 Å². The van der Waals surface area contributed by atoms with Gasteiger partial charge in [-0.2, -0.15) is 5.26 Å². The molecule has 2 aromatic carbocycles. The smallest absolute Gasteiger partial charge is 0.413 e. The Labute approximate surface area is 375 Å². The molecule has 0 radical (unpaired) electrons. The van der Waals surface area contributed by atoms with E-state index < -0.39 is 63.2 Å². The van der Waals surface area contributed by atoms with Crippen LogP contribution in [0.2, 0.25) is 0 Å². The molecule has 0 unspecified atom stereocenters. The van der Waals surface area contributed by atoms with Gasteiger partial charge in [-0.3, -0.25) is 20.1 Å². The molecule has 0 aliphatic carbocycles. The Bertz CT molecular complexity index is 3070. The van der Waals surface area contributed by atoms with Gasteiger partial charge in [0.15, 0.2) is 29.1 Å². The highest BCUT2D eigenvalue weighted by Crippen LogP contribution is 2.38. The highest BCUT2D eigenvalue weighted by Gasteiger charge is 2.30. The largest absolute Gasteiger partial charge is 0.441 e. The van der Waals surface area contributed by atoms with Gasteiger partial charge < -0.3 is 9.47 Å². The number of sulfonamides is 2. The van der Waals surface area contributed by atoms with Crippen LogP contribution in [0.3, 0.4) is 0 Å². The molecule has 2 amide bonds. The number of ether oxygens (including phenoxy) is 2. The number of nitrogens with zero attached hydrogens (tertiary/aromatic N) is 9. The van der Waals surface area contributed by atoms with E-state index >= 15 is 0 Å². The fourth-order valence-corrected chi connectivity index (χ4v) is 7.57. The van der Waals surface area contributed by atoms with E-state index in [-0.39, 0.29) is 79.6 Å². The van der Waals surface area contributed by atoms with Crippen molar-refractivity contribution in [1.29, 1.82) is 5.26 Å². The molecule has 2 atom stereocenters. The zero-order valence-electron chi connectivity index (χ0n) is 35.7. The summed E-state index contributed by atoms with van der Waals surface area (Å²) >= 11 is 0. The number of hydrogen-bond donors (Lipinski definition) is 4. The van der Waals surface area contributed by atoms with E-state index in [1.165, 1.54) is 93.2 Å². The molecule has 4 aromatic heterocycles. The summed E-state index contributed by atoms with van der Waals surface area (Å²) in [4.78, 5) is 35.4. The fourth-order valence-electron chi connectivity index (χ4n) is 6.27. The molecule has 0 saturated heterocycles. The number of amides is 2. The Kier molecular flexibility index (Phi) is 14.2. The van der Waals surface area contributed by atoms with E-state index in [0.29, 0.717) is 5.56 Å². The molecule has 66 heavy (non-hydrogen) atoms. The van der Waals surface area contributed by atoms with Crippen molar-refractivity contribution in [2.75, 3.05) is 32.1 Å². The highest BCUT2D eigenvalue weighted by molar-refractivity contribution is 7.92. The van der Waals surface area contributed by atoms with Crippen LogP contribution in [0.15, 0.2) is 66.7 Å². The number of anilines is 4. The van der Waals surface area contributed by atoms with Gasteiger partial charge in [0, 0.05) is 12.6 Å². The summed E-state index contributed by atoms with van der Waals surface area (Å²) in [6.45, 7) is 5.57. The maximum Gasteiger partial charge on any atom is 0.413 e. The normalized spacial score (nSPS) is 12.5. The molecule has 6 rings (SSSR count). The quantitative estimate of drug-likeness (QED) is 0.0808. The van der Waals surface area contributed by atoms with E-state index in [1.807, 2.05) is 6.07 Å². The second-order valence-corrected chi connectivity index (χ2v) is 18.1. The number of halogens is 3. The van der Waals surface area contributed by atoms with Gasteiger partial charge >= 0.3 is 12.2 Å². The summed E-state index contributed by atoms with van der Waals surface area (Å²) < 4.78 is 110. The summed E-state index contributed by atoms with van der Waals surface area (Å²) in [7, 11) is -6.01. The van der Waals surface area contributed by atoms with Gasteiger partial charge in [-0.15, -0.1) is 10.2 Å². The first-order chi connectivity index (χ1) is 31.2. The first kappa shape index (κ1) is 47.8. The minimum absolute atomic E-state index is 0.00164. The summed E-state index contributed by atoms with van der Waals surface area (Å²) in [5, 5.41) is 30.3. The van der Waals surface area contributed by atoms with Crippen molar-refractivity contribution in [2.45, 2.75) is 52.9 Å². The van der Waals surface area contributed by atoms with E-state index in [0.717, 1.165) is 10.9 Å². The topological polar surface area (TPSA) is 280 Å². The first-order valence-corrected chi connectivity index (χ1v) is 23.0. The van der Waals surface area contributed by atoms with Crippen LogP contribution in [0.5, 0.6) is 0 Å². The standard InChI is InChI=1S/C40H40F3N13O8S2/c1-7-66(61,62)52-31-20-28(32(46-22(31)3)34-37(55(5)53-50-34)47-39(57)63-23(4)26-9-8-10-27(41)19-26)24-11-13-25(14-12-24)35(36(42)43)64-40(58)48-38-33(49-54-56(38)18-17-44)30-16-15-29(21(2)45-30)51-65(6,59)60/h8-16,19-20,23,35-36,51-52H,7,18H2,1-6H3,(H,47,57)(H,48,58)/t23-,35+/m1/s1. The van der Waals surface area contributed by atoms with Crippen LogP contribution in [0.25, 0.3) is 33.9 Å². The number of pyridine rings is 2. The molecule has 0 fully saturated rings. The second kappa shape index (κ2) is 19.6. The second-order valence-electron chi connectivity index (χ2n) is 14.4. The number of aromatic nitrogens is 8. The maximum atomic E-state index is 14.7. The average molecular weight is 952 g/mol. The Balaban J connectivity index is 1.30. The van der Waals surface area contributed by atoms with Gasteiger partial charge in [0.05, 0.1) is 46.5 Å². The van der Waals surface area contributed by atoms with Crippen LogP contribution in [0.4, 0.5) is 45.8 Å². The number of benzene rings is 2. The van der Waals surface area contributed by atoms with Crippen molar-refractivity contribution in [2.24, 2.45) is 7.05 Å². The van der Waals surface area contributed by atoms with Crippen LogP contribution >= 0.6 is 0 Å². The van der Waals surface area contributed by atoms with E-state index in [9.17, 15) is 44.9 Å². The molecule has 6 aromatic rings. The zero-order valence-corrected chi connectivity index (χ0v) is 37.4. The lowest BCUT2D eigenvalue weighted by atomic mass is 9.98. The van der Waals surface area contributed by atoms with Gasteiger partial charge in [0.1, 0.15) is 24.2 Å². The van der Waals surface area contributed by atoms with Crippen LogP contribution < -0.4 is 20.1 Å². The van der Waals surface area contributed by atoms with Gasteiger partial charge in [0.25, 0.3) is 6.43 Å². The first-order valence-electron chi connectivity index (χ1n) is 19.4. The lowest BCUT2D eigenvalue weighted by molar-refractivity contribution is -0.0143. The van der Waals surface area contributed by atoms with E-state index in [1.54, 1.807) is 13.0 Å². The zero-order chi connectivity index (χ0) is 48.1. The SMILES string of the molecule is CCS(=O)(=O)Nc1cc(-c2ccc([C@H](OC(=O)Nc3c(-c4ccc(NS(C)(=O)=O)c(C)n4)nnn3CC#N)C(F)F)cc2)c(-c2nnn(C)c2NC(=O)O[C@H](C)c2cccc(F)c2)nc1C. The van der Waals surface area contributed by atoms with Gasteiger partial charge in [0.2, 0.25) is 20.0 Å². The van der Waals surface area contributed by atoms with Crippen molar-refractivity contribution in [3.63, 3.8) is 0 Å². The molecule has 0 aliphatic heterocycles. The third-order valence-electron chi connectivity index (χ3n) is 9.54. The predicted molar refractivity (Wildman–Crippen MR) is 233 cm³/mol. The maximum absolute atomic E-state index is 14.7. The van der Waals surface area contributed by atoms with Crippen molar-refractivity contribution < 1.29 is 49.1 Å². The minimum atomic E-state index is -3.83. The van der Waals surface area contributed by atoms with Crippen molar-refractivity contribution in [1.82, 2.24) is 40.0 Å². The summed E-state index contributed by atoms with van der Waals surface area (Å²) in [6.07, 6.45) is -7.70. The highest BCUT2D eigenvalue weighted by atomic mass is 32.2. The van der Waals surface area contributed by atoms with E-state index in [4.69, 9.17) is 9.47 Å². The fraction of sp³-hybridized carbons (Fsp3) is 0.275. The lowest BCUT2D eigenvalue weighted by Gasteiger charge is -2.19. The lowest BCUT2D eigenvalue weighted by Crippen LogP contribution is -2.23. The summed E-state index contributed by atoms with van der Waals surface area (Å²) in [5.74, 6) is -1.04. The van der Waals surface area contributed by atoms with Crippen molar-refractivity contribution >= 4 is 55.2 Å². The Morgan fingerprint density at radius 1 is 0.818 bits per heavy atom. The van der Waals surface area contributed by atoms with Gasteiger partial charge in [-0.1, -0.05) is 46.8 Å². The van der Waals surface area contributed by atoms with Crippen molar-refractivity contribution in [3.05, 3.63) is 95.1 Å². The van der Waals surface area contributed by atoms with E-state index in [2.05, 4.69) is 50.7 Å². The average Bonchev–Trinajstić information content (AvgIpc) is 3.82. The molecule has 0 spiro atoms. The minimum Gasteiger partial charge on any atom is -0.441 e. The van der Waals surface area contributed by atoms with Gasteiger partial charge in [-0.05, 0) is 74.7 Å². The molecule has 21 nitrogen and oxygen atoms in total. The number of nitrogens with one attached hydrogen (secondary N) is 4. The summed E-state index contributed by atoms with van der Waals surface area (Å²) in [5.41, 5.74) is 1.41. The number of aryl methyl sites for hydroxylation is 3. The molecule has 4 N–H and O–H groups in total. The molecule has 4 heterocycles. The van der Waals surface area contributed by atoms with Crippen LogP contribution in [0.1, 0.15) is 48.6 Å². The molecule has 0 bridgehead atoms. The molecule has 346 valence electrons. The number of rotatable bonds is 16. The molecular weight excluding hydrogens is 912 g/mol. The van der Waals surface area contributed by atoms with Crippen molar-refractivity contribution in [3.8, 4) is 40.0 Å². The van der Waals surface area contributed by atoms with Gasteiger partial charge in [-0.25, -0.2) is 58.9 Å². The monoisotopic (exact) mass is 951 g/mol. The predicted octanol–water partition coefficient (Wildman–Crippen LogP) is 6.47. The number of carbonyl (C=O) groups is 2. The number of nitriles is 1. The molecular formula is C40H40F3N13O8S2. The van der Waals surface area contributed by atoms with Crippen LogP contribution in [0, 0.1) is 31.0 Å². The summed E-state index contributed by atoms with van der Waals surface area (Å²) in [6, 6.07) is 16.8. The number of carbonyl (C=O) groups excluding carboxylic acids is 2. The van der Waals surface area contributed by atoms with Crippen LogP contribution in [-0.2, 0) is 43.1 Å². The molecule has 0 saturated carbocycles. The Morgan fingerprint density at radius 2 is 1.48 bits per heavy atom. The third-order valence-corrected chi connectivity index (χ3v) is 11.4. The number of hydrogen-bond acceptors (Lipinski definition) is 15. The third kappa shape index (κ3) is 11.3. The number of alkyl halides is 2. The molecule has 0 aliphatic rings.